The van der Waals surface area contributed by atoms with Crippen LogP contribution in [0.2, 0.25) is 5.02 Å². The molecule has 0 bridgehead atoms. The lowest BCUT2D eigenvalue weighted by atomic mass is 10.1. The average Bonchev–Trinajstić information content (AvgIpc) is 2.16. The summed E-state index contributed by atoms with van der Waals surface area (Å²) in [7, 11) is 0. The van der Waals surface area contributed by atoms with Gasteiger partial charge in [0.15, 0.2) is 0 Å². The fourth-order valence-electron chi connectivity index (χ4n) is 1.22. The Balaban J connectivity index is 2.66. The van der Waals surface area contributed by atoms with Gasteiger partial charge >= 0.3 is 5.97 Å². The van der Waals surface area contributed by atoms with Gasteiger partial charge in [-0.1, -0.05) is 31.5 Å². The van der Waals surface area contributed by atoms with Gasteiger partial charge in [0.1, 0.15) is 5.56 Å². The highest BCUT2D eigenvalue weighted by Gasteiger charge is 2.15. The van der Waals surface area contributed by atoms with Crippen LogP contribution in [0.25, 0.3) is 0 Å². The summed E-state index contributed by atoms with van der Waals surface area (Å²) in [6, 6.07) is 4.95. The second kappa shape index (κ2) is 5.75. The van der Waals surface area contributed by atoms with Crippen molar-refractivity contribution in [3.05, 3.63) is 28.8 Å². The van der Waals surface area contributed by atoms with Crippen molar-refractivity contribution in [2.45, 2.75) is 20.3 Å². The van der Waals surface area contributed by atoms with Gasteiger partial charge in [0.25, 0.3) is 0 Å². The Labute approximate surface area is 101 Å². The van der Waals surface area contributed by atoms with Crippen LogP contribution in [0, 0.1) is 5.92 Å². The molecule has 16 heavy (non-hydrogen) atoms. The van der Waals surface area contributed by atoms with Gasteiger partial charge in [-0.05, 0) is 24.5 Å². The van der Waals surface area contributed by atoms with Crippen LogP contribution in [-0.4, -0.2) is 12.6 Å². The molecule has 0 saturated carbocycles. The van der Waals surface area contributed by atoms with E-state index in [4.69, 9.17) is 22.1 Å². The summed E-state index contributed by atoms with van der Waals surface area (Å²) in [5.74, 6) is 0.0418. The SMILES string of the molecule is CC(C)CCOC(=O)c1c(N)cccc1Cl. The molecule has 2 N–H and O–H groups in total. The molecule has 3 nitrogen and oxygen atoms in total. The van der Waals surface area contributed by atoms with Crippen LogP contribution in [0.1, 0.15) is 30.6 Å². The Morgan fingerprint density at radius 1 is 1.50 bits per heavy atom. The zero-order valence-electron chi connectivity index (χ0n) is 9.50. The number of carbonyl (C=O) groups excluding carboxylic acids is 1. The monoisotopic (exact) mass is 241 g/mol. The van der Waals surface area contributed by atoms with E-state index in [1.54, 1.807) is 18.2 Å². The lowest BCUT2D eigenvalue weighted by molar-refractivity contribution is 0.0489. The topological polar surface area (TPSA) is 52.3 Å². The molecule has 4 heteroatoms. The predicted molar refractivity (Wildman–Crippen MR) is 65.6 cm³/mol. The predicted octanol–water partition coefficient (Wildman–Crippen LogP) is 3.13. The second-order valence-electron chi connectivity index (χ2n) is 4.02. The number of carbonyl (C=O) groups is 1. The third kappa shape index (κ3) is 3.42. The molecular weight excluding hydrogens is 226 g/mol. The zero-order valence-corrected chi connectivity index (χ0v) is 10.3. The summed E-state index contributed by atoms with van der Waals surface area (Å²) in [5, 5.41) is 0.328. The molecule has 0 aliphatic carbocycles. The summed E-state index contributed by atoms with van der Waals surface area (Å²) in [6.45, 7) is 4.52. The maximum atomic E-state index is 11.7. The first kappa shape index (κ1) is 12.8. The average molecular weight is 242 g/mol. The molecule has 0 aliphatic heterocycles. The van der Waals surface area contributed by atoms with E-state index >= 15 is 0 Å². The molecule has 0 aliphatic rings. The Hall–Kier alpha value is -1.22. The first-order valence-corrected chi connectivity index (χ1v) is 5.61. The van der Waals surface area contributed by atoms with Gasteiger partial charge in [-0.3, -0.25) is 0 Å². The number of rotatable bonds is 4. The van der Waals surface area contributed by atoms with Crippen molar-refractivity contribution in [2.24, 2.45) is 5.92 Å². The van der Waals surface area contributed by atoms with Crippen molar-refractivity contribution in [1.29, 1.82) is 0 Å². The Bertz CT molecular complexity index is 357. The second-order valence-corrected chi connectivity index (χ2v) is 4.43. The minimum Gasteiger partial charge on any atom is -0.462 e. The normalized spacial score (nSPS) is 10.5. The van der Waals surface area contributed by atoms with E-state index in [-0.39, 0.29) is 5.56 Å². The summed E-state index contributed by atoms with van der Waals surface area (Å²) in [4.78, 5) is 11.7. The van der Waals surface area contributed by atoms with Gasteiger partial charge in [0.05, 0.1) is 11.6 Å². The maximum absolute atomic E-state index is 11.7. The Morgan fingerprint density at radius 3 is 2.75 bits per heavy atom. The quantitative estimate of drug-likeness (QED) is 0.651. The molecule has 0 unspecified atom stereocenters. The van der Waals surface area contributed by atoms with E-state index in [0.717, 1.165) is 6.42 Å². The largest absolute Gasteiger partial charge is 0.462 e. The number of hydrogen-bond donors (Lipinski definition) is 1. The third-order valence-electron chi connectivity index (χ3n) is 2.18. The van der Waals surface area contributed by atoms with E-state index in [1.807, 2.05) is 0 Å². The Morgan fingerprint density at radius 2 is 2.19 bits per heavy atom. The van der Waals surface area contributed by atoms with Gasteiger partial charge in [0.2, 0.25) is 0 Å². The summed E-state index contributed by atoms with van der Waals surface area (Å²) in [5.41, 5.74) is 6.28. The number of benzene rings is 1. The zero-order chi connectivity index (χ0) is 12.1. The molecule has 88 valence electrons. The number of ether oxygens (including phenoxy) is 1. The first-order valence-electron chi connectivity index (χ1n) is 5.23. The molecule has 0 radical (unpaired) electrons. The molecule has 0 atom stereocenters. The van der Waals surface area contributed by atoms with Crippen LogP contribution < -0.4 is 5.73 Å². The van der Waals surface area contributed by atoms with E-state index in [1.165, 1.54) is 0 Å². The highest BCUT2D eigenvalue weighted by molar-refractivity contribution is 6.34. The summed E-state index contributed by atoms with van der Waals surface area (Å²) < 4.78 is 5.10. The minimum atomic E-state index is -0.455. The number of halogens is 1. The van der Waals surface area contributed by atoms with Crippen LogP contribution in [-0.2, 0) is 4.74 Å². The molecule has 1 aromatic rings. The highest BCUT2D eigenvalue weighted by Crippen LogP contribution is 2.22. The highest BCUT2D eigenvalue weighted by atomic mass is 35.5. The van der Waals surface area contributed by atoms with Crippen molar-refractivity contribution < 1.29 is 9.53 Å². The molecule has 1 aromatic carbocycles. The fraction of sp³-hybridized carbons (Fsp3) is 0.417. The van der Waals surface area contributed by atoms with Crippen LogP contribution in [0.15, 0.2) is 18.2 Å². The molecule has 0 amide bonds. The first-order chi connectivity index (χ1) is 7.52. The van der Waals surface area contributed by atoms with Crippen LogP contribution in [0.3, 0.4) is 0 Å². The minimum absolute atomic E-state index is 0.257. The van der Waals surface area contributed by atoms with Crippen LogP contribution in [0.4, 0.5) is 5.69 Å². The van der Waals surface area contributed by atoms with Crippen LogP contribution >= 0.6 is 11.6 Å². The summed E-state index contributed by atoms with van der Waals surface area (Å²) >= 11 is 5.89. The van der Waals surface area contributed by atoms with E-state index < -0.39 is 5.97 Å². The maximum Gasteiger partial charge on any atom is 0.341 e. The molecule has 0 aromatic heterocycles. The molecule has 0 saturated heterocycles. The van der Waals surface area contributed by atoms with Gasteiger partial charge < -0.3 is 10.5 Å². The van der Waals surface area contributed by atoms with Gasteiger partial charge in [-0.2, -0.15) is 0 Å². The van der Waals surface area contributed by atoms with Crippen molar-refractivity contribution in [3.8, 4) is 0 Å². The molecule has 0 heterocycles. The third-order valence-corrected chi connectivity index (χ3v) is 2.49. The number of anilines is 1. The molecule has 1 rings (SSSR count). The number of nitrogens with two attached hydrogens (primary N) is 1. The lowest BCUT2D eigenvalue weighted by Crippen LogP contribution is -2.11. The number of nitrogen functional groups attached to an aromatic ring is 1. The number of hydrogen-bond acceptors (Lipinski definition) is 3. The smallest absolute Gasteiger partial charge is 0.341 e. The lowest BCUT2D eigenvalue weighted by Gasteiger charge is -2.09. The van der Waals surface area contributed by atoms with Gasteiger partial charge in [-0.25, -0.2) is 4.79 Å². The Kier molecular flexibility index (Phi) is 4.62. The summed E-state index contributed by atoms with van der Waals surface area (Å²) in [6.07, 6.45) is 0.829. The fourth-order valence-corrected chi connectivity index (χ4v) is 1.47. The van der Waals surface area contributed by atoms with Crippen molar-refractivity contribution in [1.82, 2.24) is 0 Å². The van der Waals surface area contributed by atoms with Gasteiger partial charge in [0, 0.05) is 5.69 Å². The van der Waals surface area contributed by atoms with E-state index in [0.29, 0.717) is 23.2 Å². The van der Waals surface area contributed by atoms with Crippen molar-refractivity contribution in [3.63, 3.8) is 0 Å². The van der Waals surface area contributed by atoms with E-state index in [2.05, 4.69) is 13.8 Å². The van der Waals surface area contributed by atoms with E-state index in [9.17, 15) is 4.79 Å². The van der Waals surface area contributed by atoms with Crippen molar-refractivity contribution in [2.75, 3.05) is 12.3 Å². The number of esters is 1. The molecule has 0 spiro atoms. The molecule has 0 fully saturated rings. The standard InChI is InChI=1S/C12H16ClNO2/c1-8(2)6-7-16-12(15)11-9(13)4-3-5-10(11)14/h3-5,8H,6-7,14H2,1-2H3. The molecular formula is C12H16ClNO2. The van der Waals surface area contributed by atoms with Gasteiger partial charge in [-0.15, -0.1) is 0 Å². The van der Waals surface area contributed by atoms with Crippen LogP contribution in [0.5, 0.6) is 0 Å². The van der Waals surface area contributed by atoms with Crippen molar-refractivity contribution >= 4 is 23.3 Å².